The van der Waals surface area contributed by atoms with Crippen molar-refractivity contribution in [2.75, 3.05) is 0 Å². The first-order valence-electron chi connectivity index (χ1n) is 7.40. The first-order valence-corrected chi connectivity index (χ1v) is 8.22. The van der Waals surface area contributed by atoms with E-state index in [-0.39, 0.29) is 5.69 Å². The number of fused-ring (bicyclic) bond motifs is 1. The lowest BCUT2D eigenvalue weighted by atomic mass is 10.1. The van der Waals surface area contributed by atoms with Crippen LogP contribution < -0.4 is 4.80 Å². The molecule has 7 nitrogen and oxygen atoms in total. The molecule has 0 saturated heterocycles. The predicted molar refractivity (Wildman–Crippen MR) is 93.2 cm³/mol. The molecule has 0 aliphatic rings. The highest BCUT2D eigenvalue weighted by Crippen LogP contribution is 2.23. The number of rotatable bonds is 3. The SMILES string of the molecule is CCn1c(=NC(=O)c2ccc(C#N)cc2)sc2cc([N+](=O)[O-])ccc21. The van der Waals surface area contributed by atoms with Crippen LogP contribution in [-0.2, 0) is 6.54 Å². The molecule has 25 heavy (non-hydrogen) atoms. The molecule has 0 atom stereocenters. The van der Waals surface area contributed by atoms with Gasteiger partial charge >= 0.3 is 0 Å². The first-order chi connectivity index (χ1) is 12.0. The van der Waals surface area contributed by atoms with E-state index in [1.807, 2.05) is 17.6 Å². The molecule has 0 N–H and O–H groups in total. The van der Waals surface area contributed by atoms with Crippen molar-refractivity contribution < 1.29 is 9.72 Å². The molecule has 0 saturated carbocycles. The van der Waals surface area contributed by atoms with Gasteiger partial charge in [0.05, 0.1) is 26.8 Å². The molecule has 1 heterocycles. The molecule has 3 aromatic rings. The summed E-state index contributed by atoms with van der Waals surface area (Å²) in [5, 5.41) is 19.7. The molecule has 2 aromatic carbocycles. The van der Waals surface area contributed by atoms with Crippen LogP contribution in [0.25, 0.3) is 10.2 Å². The number of carbonyl (C=O) groups excluding carboxylic acids is 1. The van der Waals surface area contributed by atoms with Crippen LogP contribution in [0.4, 0.5) is 5.69 Å². The van der Waals surface area contributed by atoms with Crippen molar-refractivity contribution in [3.63, 3.8) is 0 Å². The molecule has 3 rings (SSSR count). The number of nitro groups is 1. The van der Waals surface area contributed by atoms with Gasteiger partial charge in [0.2, 0.25) is 0 Å². The fraction of sp³-hybridized carbons (Fsp3) is 0.118. The van der Waals surface area contributed by atoms with E-state index < -0.39 is 10.8 Å². The van der Waals surface area contributed by atoms with Gasteiger partial charge in [0.25, 0.3) is 11.6 Å². The molecule has 0 aliphatic carbocycles. The zero-order valence-corrected chi connectivity index (χ0v) is 14.0. The Kier molecular flexibility index (Phi) is 4.41. The van der Waals surface area contributed by atoms with Crippen molar-refractivity contribution in [2.45, 2.75) is 13.5 Å². The third kappa shape index (κ3) is 3.18. The summed E-state index contributed by atoms with van der Waals surface area (Å²) in [7, 11) is 0. The first kappa shape index (κ1) is 16.5. The number of nitrogens with zero attached hydrogens (tertiary/aromatic N) is 4. The van der Waals surface area contributed by atoms with Crippen molar-refractivity contribution in [3.8, 4) is 6.07 Å². The minimum absolute atomic E-state index is 0.00183. The maximum Gasteiger partial charge on any atom is 0.279 e. The van der Waals surface area contributed by atoms with Crippen molar-refractivity contribution in [1.29, 1.82) is 5.26 Å². The van der Waals surface area contributed by atoms with Crippen LogP contribution in [0.2, 0.25) is 0 Å². The minimum Gasteiger partial charge on any atom is -0.317 e. The Balaban J connectivity index is 2.09. The van der Waals surface area contributed by atoms with Gasteiger partial charge in [0.1, 0.15) is 0 Å². The lowest BCUT2D eigenvalue weighted by Gasteiger charge is -2.00. The summed E-state index contributed by atoms with van der Waals surface area (Å²) in [6.45, 7) is 2.50. The molecule has 0 aliphatic heterocycles. The number of aryl methyl sites for hydroxylation is 1. The lowest BCUT2D eigenvalue weighted by molar-refractivity contribution is -0.384. The summed E-state index contributed by atoms with van der Waals surface area (Å²) >= 11 is 1.23. The van der Waals surface area contributed by atoms with Crippen LogP contribution in [0.3, 0.4) is 0 Å². The van der Waals surface area contributed by atoms with Gasteiger partial charge in [-0.1, -0.05) is 11.3 Å². The Bertz CT molecular complexity index is 1090. The van der Waals surface area contributed by atoms with Gasteiger partial charge in [0, 0.05) is 24.2 Å². The maximum atomic E-state index is 12.4. The highest BCUT2D eigenvalue weighted by Gasteiger charge is 2.12. The van der Waals surface area contributed by atoms with E-state index in [1.165, 1.54) is 23.5 Å². The van der Waals surface area contributed by atoms with E-state index in [9.17, 15) is 14.9 Å². The number of thiazole rings is 1. The van der Waals surface area contributed by atoms with E-state index in [0.717, 1.165) is 5.52 Å². The smallest absolute Gasteiger partial charge is 0.279 e. The number of carbonyl (C=O) groups is 1. The lowest BCUT2D eigenvalue weighted by Crippen LogP contribution is -2.15. The van der Waals surface area contributed by atoms with E-state index in [4.69, 9.17) is 5.26 Å². The molecule has 1 amide bonds. The molecule has 124 valence electrons. The van der Waals surface area contributed by atoms with Gasteiger partial charge < -0.3 is 4.57 Å². The average Bonchev–Trinajstić information content (AvgIpc) is 2.97. The number of benzene rings is 2. The molecule has 0 fully saturated rings. The summed E-state index contributed by atoms with van der Waals surface area (Å²) in [5.41, 5.74) is 1.64. The van der Waals surface area contributed by atoms with Crippen LogP contribution >= 0.6 is 11.3 Å². The van der Waals surface area contributed by atoms with Crippen molar-refractivity contribution >= 4 is 33.1 Å². The molecule has 0 bridgehead atoms. The number of hydrogen-bond donors (Lipinski definition) is 0. The Morgan fingerprint density at radius 2 is 2.04 bits per heavy atom. The van der Waals surface area contributed by atoms with Crippen molar-refractivity contribution in [1.82, 2.24) is 4.57 Å². The van der Waals surface area contributed by atoms with Gasteiger partial charge in [-0.25, -0.2) is 0 Å². The Morgan fingerprint density at radius 3 is 2.64 bits per heavy atom. The number of amides is 1. The summed E-state index contributed by atoms with van der Waals surface area (Å²) in [6, 6.07) is 12.8. The Morgan fingerprint density at radius 1 is 1.32 bits per heavy atom. The van der Waals surface area contributed by atoms with Crippen LogP contribution in [0.5, 0.6) is 0 Å². The zero-order chi connectivity index (χ0) is 18.0. The summed E-state index contributed by atoms with van der Waals surface area (Å²) in [5.74, 6) is -0.423. The second-order valence-corrected chi connectivity index (χ2v) is 6.15. The highest BCUT2D eigenvalue weighted by atomic mass is 32.1. The van der Waals surface area contributed by atoms with E-state index in [0.29, 0.717) is 27.2 Å². The third-order valence-electron chi connectivity index (χ3n) is 3.65. The van der Waals surface area contributed by atoms with Crippen molar-refractivity contribution in [2.24, 2.45) is 4.99 Å². The number of aromatic nitrogens is 1. The molecule has 0 unspecified atom stereocenters. The average molecular weight is 352 g/mol. The normalized spacial score (nSPS) is 11.4. The third-order valence-corrected chi connectivity index (χ3v) is 4.69. The largest absolute Gasteiger partial charge is 0.317 e. The second-order valence-electron chi connectivity index (χ2n) is 5.14. The van der Waals surface area contributed by atoms with E-state index >= 15 is 0 Å². The van der Waals surface area contributed by atoms with Gasteiger partial charge in [0.15, 0.2) is 4.80 Å². The monoisotopic (exact) mass is 352 g/mol. The summed E-state index contributed by atoms with van der Waals surface area (Å²) < 4.78 is 2.54. The van der Waals surface area contributed by atoms with Crippen LogP contribution in [-0.4, -0.2) is 15.4 Å². The number of nitriles is 1. The van der Waals surface area contributed by atoms with Crippen LogP contribution in [0, 0.1) is 21.4 Å². The molecule has 0 spiro atoms. The van der Waals surface area contributed by atoms with Gasteiger partial charge in [-0.2, -0.15) is 10.3 Å². The van der Waals surface area contributed by atoms with Gasteiger partial charge in [-0.15, -0.1) is 0 Å². The van der Waals surface area contributed by atoms with Gasteiger partial charge in [-0.3, -0.25) is 14.9 Å². The van der Waals surface area contributed by atoms with Crippen molar-refractivity contribution in [3.05, 3.63) is 68.5 Å². The Hall–Kier alpha value is -3.31. The van der Waals surface area contributed by atoms with Gasteiger partial charge in [-0.05, 0) is 37.3 Å². The standard InChI is InChI=1S/C17H12N4O3S/c1-2-20-14-8-7-13(21(23)24)9-15(14)25-17(20)19-16(22)12-5-3-11(10-18)4-6-12/h3-9H,2H2,1H3. The van der Waals surface area contributed by atoms with E-state index in [2.05, 4.69) is 4.99 Å². The highest BCUT2D eigenvalue weighted by molar-refractivity contribution is 7.16. The van der Waals surface area contributed by atoms with E-state index in [1.54, 1.807) is 30.3 Å². The molecule has 0 radical (unpaired) electrons. The summed E-state index contributed by atoms with van der Waals surface area (Å²) in [4.78, 5) is 27.5. The van der Waals surface area contributed by atoms with Crippen LogP contribution in [0.15, 0.2) is 47.5 Å². The maximum absolute atomic E-state index is 12.4. The molecular weight excluding hydrogens is 340 g/mol. The minimum atomic E-state index is -0.450. The number of nitro benzene ring substituents is 1. The van der Waals surface area contributed by atoms with Crippen LogP contribution in [0.1, 0.15) is 22.8 Å². The molecule has 8 heteroatoms. The molecule has 1 aromatic heterocycles. The predicted octanol–water partition coefficient (Wildman–Crippen LogP) is 3.24. The quantitative estimate of drug-likeness (QED) is 0.533. The second kappa shape index (κ2) is 6.67. The number of hydrogen-bond acceptors (Lipinski definition) is 5. The number of non-ortho nitro benzene ring substituents is 1. The summed E-state index contributed by atoms with van der Waals surface area (Å²) in [6.07, 6.45) is 0. The zero-order valence-electron chi connectivity index (χ0n) is 13.2. The molecular formula is C17H12N4O3S. The Labute approximate surface area is 146 Å². The fourth-order valence-corrected chi connectivity index (χ4v) is 3.53. The topological polar surface area (TPSA) is 101 Å². The fourth-order valence-electron chi connectivity index (χ4n) is 2.41.